The minimum Gasteiger partial charge on any atom is -0.258 e. The van der Waals surface area contributed by atoms with E-state index in [2.05, 4.69) is 0 Å². The summed E-state index contributed by atoms with van der Waals surface area (Å²) in [6, 6.07) is 4.37. The first-order valence-electron chi connectivity index (χ1n) is 3.61. The molecule has 0 fully saturated rings. The minimum atomic E-state index is -1.17. The number of rotatable bonds is 2. The average molecular weight is 199 g/mol. The van der Waals surface area contributed by atoms with E-state index in [1.807, 2.05) is 0 Å². The second kappa shape index (κ2) is 3.66. The Morgan fingerprint density at radius 1 is 1.46 bits per heavy atom. The van der Waals surface area contributed by atoms with Crippen LogP contribution in [0.3, 0.4) is 0 Å². The lowest BCUT2D eigenvalue weighted by Crippen LogP contribution is -1.94. The zero-order chi connectivity index (χ0) is 10.0. The first-order chi connectivity index (χ1) is 6.02. The number of aryl methyl sites for hydroxylation is 1. The van der Waals surface area contributed by atoms with Crippen LogP contribution in [0, 0.1) is 17.0 Å². The van der Waals surface area contributed by atoms with E-state index in [0.29, 0.717) is 4.90 Å². The van der Waals surface area contributed by atoms with Crippen LogP contribution in [0.1, 0.15) is 5.56 Å². The summed E-state index contributed by atoms with van der Waals surface area (Å²) in [7, 11) is -1.17. The Morgan fingerprint density at radius 3 is 2.54 bits per heavy atom. The number of nitro benzene ring substituents is 1. The predicted octanol–water partition coefficient (Wildman–Crippen LogP) is 1.64. The third kappa shape index (κ3) is 2.12. The first kappa shape index (κ1) is 9.85. The number of hydrogen-bond acceptors (Lipinski definition) is 3. The molecule has 0 saturated carbocycles. The van der Waals surface area contributed by atoms with Crippen LogP contribution in [0.4, 0.5) is 5.69 Å². The molecule has 0 aliphatic heterocycles. The van der Waals surface area contributed by atoms with Crippen molar-refractivity contribution >= 4 is 16.5 Å². The molecule has 5 heteroatoms. The van der Waals surface area contributed by atoms with Crippen LogP contribution in [0.25, 0.3) is 0 Å². The Morgan fingerprint density at radius 2 is 2.08 bits per heavy atom. The van der Waals surface area contributed by atoms with Gasteiger partial charge in [-0.1, -0.05) is 6.07 Å². The van der Waals surface area contributed by atoms with Crippen molar-refractivity contribution in [2.24, 2.45) is 0 Å². The Kier molecular flexibility index (Phi) is 2.77. The van der Waals surface area contributed by atoms with Gasteiger partial charge in [-0.3, -0.25) is 14.3 Å². The van der Waals surface area contributed by atoms with Crippen LogP contribution in [0.15, 0.2) is 23.1 Å². The molecule has 0 aromatic heterocycles. The molecule has 0 bridgehead atoms. The van der Waals surface area contributed by atoms with Gasteiger partial charge in [0.05, 0.1) is 15.7 Å². The minimum absolute atomic E-state index is 0.0178. The SMILES string of the molecule is Cc1ccc([N+](=O)[O-])cc1S(C)=O. The molecule has 0 N–H and O–H groups in total. The summed E-state index contributed by atoms with van der Waals surface area (Å²) in [6.45, 7) is 1.78. The van der Waals surface area contributed by atoms with E-state index >= 15 is 0 Å². The molecule has 1 atom stereocenters. The van der Waals surface area contributed by atoms with Crippen LogP contribution in [0.5, 0.6) is 0 Å². The molecule has 1 aromatic rings. The second-order valence-corrected chi connectivity index (χ2v) is 4.01. The third-order valence-corrected chi connectivity index (χ3v) is 2.75. The second-order valence-electron chi connectivity index (χ2n) is 2.66. The molecular formula is C8H9NO3S. The third-order valence-electron chi connectivity index (χ3n) is 1.69. The fourth-order valence-electron chi connectivity index (χ4n) is 1.01. The van der Waals surface area contributed by atoms with Crippen LogP contribution >= 0.6 is 0 Å². The van der Waals surface area contributed by atoms with Crippen LogP contribution in [-0.4, -0.2) is 15.4 Å². The van der Waals surface area contributed by atoms with Gasteiger partial charge >= 0.3 is 0 Å². The van der Waals surface area contributed by atoms with Crippen molar-refractivity contribution in [2.75, 3.05) is 6.26 Å². The number of nitro groups is 1. The number of benzene rings is 1. The summed E-state index contributed by atoms with van der Waals surface area (Å²) in [5, 5.41) is 10.4. The van der Waals surface area contributed by atoms with Crippen LogP contribution in [0.2, 0.25) is 0 Å². The van der Waals surface area contributed by atoms with E-state index in [1.54, 1.807) is 13.0 Å². The molecule has 1 aromatic carbocycles. The molecule has 0 spiro atoms. The molecule has 0 radical (unpaired) electrons. The number of nitrogens with zero attached hydrogens (tertiary/aromatic N) is 1. The van der Waals surface area contributed by atoms with Gasteiger partial charge in [0.15, 0.2) is 0 Å². The average Bonchev–Trinajstić information content (AvgIpc) is 2.04. The Labute approximate surface area is 78.2 Å². The van der Waals surface area contributed by atoms with Gasteiger partial charge in [-0.25, -0.2) is 0 Å². The number of non-ortho nitro benzene ring substituents is 1. The molecule has 0 heterocycles. The summed E-state index contributed by atoms with van der Waals surface area (Å²) < 4.78 is 11.1. The maximum absolute atomic E-state index is 11.1. The largest absolute Gasteiger partial charge is 0.270 e. The molecule has 0 amide bonds. The lowest BCUT2D eigenvalue weighted by Gasteiger charge is -2.00. The van der Waals surface area contributed by atoms with Crippen molar-refractivity contribution in [3.05, 3.63) is 33.9 Å². The van der Waals surface area contributed by atoms with Crippen molar-refractivity contribution in [3.63, 3.8) is 0 Å². The van der Waals surface area contributed by atoms with Gasteiger partial charge in [0.25, 0.3) is 5.69 Å². The quantitative estimate of drug-likeness (QED) is 0.537. The molecular weight excluding hydrogens is 190 g/mol. The van der Waals surface area contributed by atoms with Gasteiger partial charge in [0.2, 0.25) is 0 Å². The summed E-state index contributed by atoms with van der Waals surface area (Å²) in [5.41, 5.74) is 0.794. The van der Waals surface area contributed by atoms with E-state index in [-0.39, 0.29) is 5.69 Å². The monoisotopic (exact) mass is 199 g/mol. The van der Waals surface area contributed by atoms with Gasteiger partial charge < -0.3 is 0 Å². The molecule has 1 rings (SSSR count). The van der Waals surface area contributed by atoms with E-state index in [0.717, 1.165) is 5.56 Å². The van der Waals surface area contributed by atoms with Crippen LogP contribution < -0.4 is 0 Å². The van der Waals surface area contributed by atoms with Crippen molar-refractivity contribution < 1.29 is 9.13 Å². The van der Waals surface area contributed by atoms with Gasteiger partial charge in [-0.15, -0.1) is 0 Å². The first-order valence-corrected chi connectivity index (χ1v) is 5.16. The predicted molar refractivity (Wildman–Crippen MR) is 50.2 cm³/mol. The highest BCUT2D eigenvalue weighted by Gasteiger charge is 2.10. The summed E-state index contributed by atoms with van der Waals surface area (Å²) in [6.07, 6.45) is 1.51. The molecule has 0 aliphatic carbocycles. The zero-order valence-electron chi connectivity index (χ0n) is 7.31. The molecule has 1 unspecified atom stereocenters. The number of hydrogen-bond donors (Lipinski definition) is 0. The normalized spacial score (nSPS) is 12.5. The molecule has 13 heavy (non-hydrogen) atoms. The summed E-state index contributed by atoms with van der Waals surface area (Å²) >= 11 is 0. The lowest BCUT2D eigenvalue weighted by atomic mass is 10.2. The summed E-state index contributed by atoms with van der Waals surface area (Å²) in [5.74, 6) is 0. The highest BCUT2D eigenvalue weighted by atomic mass is 32.2. The summed E-state index contributed by atoms with van der Waals surface area (Å²) in [4.78, 5) is 10.4. The zero-order valence-corrected chi connectivity index (χ0v) is 8.13. The van der Waals surface area contributed by atoms with E-state index < -0.39 is 15.7 Å². The topological polar surface area (TPSA) is 60.2 Å². The maximum Gasteiger partial charge on any atom is 0.270 e. The van der Waals surface area contributed by atoms with Gasteiger partial charge in [-0.05, 0) is 12.5 Å². The maximum atomic E-state index is 11.1. The Balaban J connectivity index is 3.27. The highest BCUT2D eigenvalue weighted by molar-refractivity contribution is 7.84. The smallest absolute Gasteiger partial charge is 0.258 e. The van der Waals surface area contributed by atoms with Crippen molar-refractivity contribution in [3.8, 4) is 0 Å². The molecule has 0 aliphatic rings. The fraction of sp³-hybridized carbons (Fsp3) is 0.250. The van der Waals surface area contributed by atoms with Gasteiger partial charge in [0, 0.05) is 23.3 Å². The van der Waals surface area contributed by atoms with Gasteiger partial charge in [-0.2, -0.15) is 0 Å². The van der Waals surface area contributed by atoms with Crippen molar-refractivity contribution in [2.45, 2.75) is 11.8 Å². The Hall–Kier alpha value is -1.23. The van der Waals surface area contributed by atoms with Crippen molar-refractivity contribution in [1.29, 1.82) is 0 Å². The molecule has 70 valence electrons. The standard InChI is InChI=1S/C8H9NO3S/c1-6-3-4-7(9(10)11)5-8(6)13(2)12/h3-5H,1-2H3. The molecule has 0 saturated heterocycles. The van der Waals surface area contributed by atoms with E-state index in [1.165, 1.54) is 18.4 Å². The van der Waals surface area contributed by atoms with E-state index in [4.69, 9.17) is 0 Å². The fourth-order valence-corrected chi connectivity index (χ4v) is 1.82. The van der Waals surface area contributed by atoms with Crippen molar-refractivity contribution in [1.82, 2.24) is 0 Å². The van der Waals surface area contributed by atoms with Crippen LogP contribution in [-0.2, 0) is 10.8 Å². The Bertz CT molecular complexity index is 376. The lowest BCUT2D eigenvalue weighted by molar-refractivity contribution is -0.385. The molecule has 4 nitrogen and oxygen atoms in total. The highest BCUT2D eigenvalue weighted by Crippen LogP contribution is 2.19. The van der Waals surface area contributed by atoms with E-state index in [9.17, 15) is 14.3 Å². The van der Waals surface area contributed by atoms with Gasteiger partial charge in [0.1, 0.15) is 0 Å².